The standard InChI is InChI=1S/C22H17F3N4O3/c1-26-21(31)14-4-2-3-5-16(14)29-17-10-19(27-11-15(17)22(23,24)25)28-13-7-6-12-8-20(30)32-18(12)9-13/h2-7,9-11H,8H2,1H3,(H,26,31)(H2,27,28,29). The maximum absolute atomic E-state index is 13.6. The number of amides is 1. The molecule has 32 heavy (non-hydrogen) atoms. The molecule has 3 N–H and O–H groups in total. The number of pyridine rings is 1. The number of benzene rings is 2. The van der Waals surface area contributed by atoms with E-state index in [4.69, 9.17) is 4.74 Å². The summed E-state index contributed by atoms with van der Waals surface area (Å²) in [5.41, 5.74) is 0.349. The zero-order valence-electron chi connectivity index (χ0n) is 16.7. The Morgan fingerprint density at radius 1 is 1.06 bits per heavy atom. The van der Waals surface area contributed by atoms with Gasteiger partial charge in [-0.05, 0) is 18.2 Å². The Morgan fingerprint density at radius 3 is 2.59 bits per heavy atom. The zero-order chi connectivity index (χ0) is 22.9. The SMILES string of the molecule is CNC(=O)c1ccccc1Nc1cc(Nc2ccc3c(c2)OC(=O)C3)ncc1C(F)(F)F. The van der Waals surface area contributed by atoms with Gasteiger partial charge in [0.1, 0.15) is 11.6 Å². The molecule has 0 atom stereocenters. The number of anilines is 4. The molecular formula is C22H17F3N4O3. The molecular weight excluding hydrogens is 425 g/mol. The number of alkyl halides is 3. The lowest BCUT2D eigenvalue weighted by Crippen LogP contribution is -2.19. The van der Waals surface area contributed by atoms with Crippen molar-refractivity contribution in [2.75, 3.05) is 17.7 Å². The molecule has 0 radical (unpaired) electrons. The number of hydrogen-bond acceptors (Lipinski definition) is 6. The molecule has 0 saturated heterocycles. The average Bonchev–Trinajstić information content (AvgIpc) is 3.12. The maximum atomic E-state index is 13.6. The van der Waals surface area contributed by atoms with E-state index in [0.29, 0.717) is 17.6 Å². The van der Waals surface area contributed by atoms with Crippen molar-refractivity contribution < 1.29 is 27.5 Å². The summed E-state index contributed by atoms with van der Waals surface area (Å²) in [6.45, 7) is 0. The van der Waals surface area contributed by atoms with E-state index in [9.17, 15) is 22.8 Å². The second kappa shape index (κ2) is 8.22. The Hall–Kier alpha value is -4.08. The second-order valence-corrected chi connectivity index (χ2v) is 6.96. The number of rotatable bonds is 5. The third-order valence-electron chi connectivity index (χ3n) is 4.78. The quantitative estimate of drug-likeness (QED) is 0.401. The highest BCUT2D eigenvalue weighted by Gasteiger charge is 2.34. The number of para-hydroxylation sites is 1. The summed E-state index contributed by atoms with van der Waals surface area (Å²) >= 11 is 0. The van der Waals surface area contributed by atoms with Gasteiger partial charge in [0.25, 0.3) is 5.91 Å². The summed E-state index contributed by atoms with van der Waals surface area (Å²) in [6, 6.07) is 12.4. The molecule has 1 aliphatic rings. The van der Waals surface area contributed by atoms with Crippen molar-refractivity contribution >= 4 is 34.8 Å². The predicted molar refractivity (Wildman–Crippen MR) is 111 cm³/mol. The van der Waals surface area contributed by atoms with Gasteiger partial charge in [0.15, 0.2) is 0 Å². The van der Waals surface area contributed by atoms with Crippen LogP contribution in [0.4, 0.5) is 36.1 Å². The molecule has 0 aliphatic carbocycles. The van der Waals surface area contributed by atoms with Crippen LogP contribution in [0.15, 0.2) is 54.7 Å². The van der Waals surface area contributed by atoms with Crippen LogP contribution in [-0.4, -0.2) is 23.9 Å². The maximum Gasteiger partial charge on any atom is 0.419 e. The molecule has 7 nitrogen and oxygen atoms in total. The molecule has 0 spiro atoms. The summed E-state index contributed by atoms with van der Waals surface area (Å²) < 4.78 is 45.9. The number of hydrogen-bond donors (Lipinski definition) is 3. The predicted octanol–water partition coefficient (Wildman–Crippen LogP) is 4.41. The van der Waals surface area contributed by atoms with Gasteiger partial charge in [-0.15, -0.1) is 0 Å². The number of aromatic nitrogens is 1. The Bertz CT molecular complexity index is 1210. The highest BCUT2D eigenvalue weighted by molar-refractivity contribution is 6.00. The van der Waals surface area contributed by atoms with Crippen molar-refractivity contribution in [1.29, 1.82) is 0 Å². The Kier molecular flexibility index (Phi) is 5.43. The van der Waals surface area contributed by atoms with Crippen LogP contribution in [0.2, 0.25) is 0 Å². The summed E-state index contributed by atoms with van der Waals surface area (Å²) in [6.07, 6.45) is -3.79. The van der Waals surface area contributed by atoms with Gasteiger partial charge in [0.2, 0.25) is 0 Å². The van der Waals surface area contributed by atoms with Crippen molar-refractivity contribution in [2.45, 2.75) is 12.6 Å². The molecule has 164 valence electrons. The van der Waals surface area contributed by atoms with Gasteiger partial charge in [0.05, 0.1) is 28.9 Å². The van der Waals surface area contributed by atoms with Gasteiger partial charge < -0.3 is 20.7 Å². The van der Waals surface area contributed by atoms with Gasteiger partial charge >= 0.3 is 12.1 Å². The minimum atomic E-state index is -4.67. The Morgan fingerprint density at radius 2 is 1.84 bits per heavy atom. The fourth-order valence-electron chi connectivity index (χ4n) is 3.26. The largest absolute Gasteiger partial charge is 0.426 e. The molecule has 4 rings (SSSR count). The number of carbonyl (C=O) groups is 2. The molecule has 1 amide bonds. The van der Waals surface area contributed by atoms with Crippen LogP contribution in [0.25, 0.3) is 0 Å². The summed E-state index contributed by atoms with van der Waals surface area (Å²) in [5.74, 6) is -0.292. The van der Waals surface area contributed by atoms with E-state index in [0.717, 1.165) is 5.56 Å². The van der Waals surface area contributed by atoms with E-state index >= 15 is 0 Å². The topological polar surface area (TPSA) is 92.4 Å². The van der Waals surface area contributed by atoms with Crippen molar-refractivity contribution in [1.82, 2.24) is 10.3 Å². The Balaban J connectivity index is 1.68. The first-order chi connectivity index (χ1) is 15.2. The van der Waals surface area contributed by atoms with E-state index < -0.39 is 17.6 Å². The normalized spacial score (nSPS) is 12.7. The minimum Gasteiger partial charge on any atom is -0.426 e. The number of esters is 1. The van der Waals surface area contributed by atoms with Gasteiger partial charge in [-0.3, -0.25) is 9.59 Å². The summed E-state index contributed by atoms with van der Waals surface area (Å²) in [5, 5.41) is 8.08. The highest BCUT2D eigenvalue weighted by atomic mass is 19.4. The van der Waals surface area contributed by atoms with Gasteiger partial charge in [-0.1, -0.05) is 18.2 Å². The van der Waals surface area contributed by atoms with E-state index in [1.54, 1.807) is 30.3 Å². The summed E-state index contributed by atoms with van der Waals surface area (Å²) in [4.78, 5) is 27.4. The lowest BCUT2D eigenvalue weighted by Gasteiger charge is -2.17. The highest BCUT2D eigenvalue weighted by Crippen LogP contribution is 2.38. The van der Waals surface area contributed by atoms with Crippen LogP contribution in [0.5, 0.6) is 5.75 Å². The molecule has 0 saturated carbocycles. The Labute approximate surface area is 180 Å². The van der Waals surface area contributed by atoms with Gasteiger partial charge in [0, 0.05) is 36.6 Å². The molecule has 1 aliphatic heterocycles. The van der Waals surface area contributed by atoms with Gasteiger partial charge in [-0.25, -0.2) is 4.98 Å². The first-order valence-electron chi connectivity index (χ1n) is 9.50. The van der Waals surface area contributed by atoms with Crippen molar-refractivity contribution in [2.24, 2.45) is 0 Å². The van der Waals surface area contributed by atoms with Crippen LogP contribution in [0.1, 0.15) is 21.5 Å². The lowest BCUT2D eigenvalue weighted by atomic mass is 10.1. The number of nitrogens with zero attached hydrogens (tertiary/aromatic N) is 1. The fourth-order valence-corrected chi connectivity index (χ4v) is 3.26. The van der Waals surface area contributed by atoms with Crippen molar-refractivity contribution in [3.05, 3.63) is 71.4 Å². The van der Waals surface area contributed by atoms with E-state index in [-0.39, 0.29) is 35.1 Å². The third-order valence-corrected chi connectivity index (χ3v) is 4.78. The molecule has 0 unspecified atom stereocenters. The molecule has 10 heteroatoms. The number of fused-ring (bicyclic) bond motifs is 1. The number of carbonyl (C=O) groups excluding carboxylic acids is 2. The van der Waals surface area contributed by atoms with Crippen LogP contribution >= 0.6 is 0 Å². The summed E-state index contributed by atoms with van der Waals surface area (Å²) in [7, 11) is 1.43. The van der Waals surface area contributed by atoms with Crippen molar-refractivity contribution in [3.8, 4) is 5.75 Å². The van der Waals surface area contributed by atoms with Crippen LogP contribution in [0, 0.1) is 0 Å². The monoisotopic (exact) mass is 442 g/mol. The second-order valence-electron chi connectivity index (χ2n) is 6.96. The molecule has 3 aromatic rings. The molecule has 0 bridgehead atoms. The smallest absolute Gasteiger partial charge is 0.419 e. The van der Waals surface area contributed by atoms with Crippen LogP contribution in [0.3, 0.4) is 0 Å². The number of nitrogens with one attached hydrogen (secondary N) is 3. The molecule has 2 aromatic carbocycles. The first kappa shape index (κ1) is 21.2. The zero-order valence-corrected chi connectivity index (χ0v) is 16.7. The van der Waals surface area contributed by atoms with E-state index in [2.05, 4.69) is 20.9 Å². The average molecular weight is 442 g/mol. The minimum absolute atomic E-state index is 0.127. The molecule has 0 fully saturated rings. The van der Waals surface area contributed by atoms with E-state index in [1.807, 2.05) is 0 Å². The fraction of sp³-hybridized carbons (Fsp3) is 0.136. The van der Waals surface area contributed by atoms with Gasteiger partial charge in [-0.2, -0.15) is 13.2 Å². The first-order valence-corrected chi connectivity index (χ1v) is 9.50. The molecule has 2 heterocycles. The third kappa shape index (κ3) is 4.34. The van der Waals surface area contributed by atoms with Crippen molar-refractivity contribution in [3.63, 3.8) is 0 Å². The number of ether oxygens (including phenoxy) is 1. The lowest BCUT2D eigenvalue weighted by molar-refractivity contribution is -0.137. The van der Waals surface area contributed by atoms with Crippen LogP contribution < -0.4 is 20.7 Å². The number of halogens is 3. The molecule has 1 aromatic heterocycles. The van der Waals surface area contributed by atoms with Crippen LogP contribution in [-0.2, 0) is 17.4 Å². The van der Waals surface area contributed by atoms with E-state index in [1.165, 1.54) is 25.2 Å².